The molecule has 0 atom stereocenters. The van der Waals surface area contributed by atoms with Gasteiger partial charge in [-0.3, -0.25) is 9.35 Å². The topological polar surface area (TPSA) is 107 Å². The van der Waals surface area contributed by atoms with Crippen LogP contribution in [0.2, 0.25) is 0 Å². The predicted molar refractivity (Wildman–Crippen MR) is 115 cm³/mol. The molecule has 7 nitrogen and oxygen atoms in total. The maximum absolute atomic E-state index is 12.4. The summed E-state index contributed by atoms with van der Waals surface area (Å²) >= 11 is 0. The summed E-state index contributed by atoms with van der Waals surface area (Å²) in [6, 6.07) is 10.4. The van der Waals surface area contributed by atoms with E-state index < -0.39 is 22.1 Å². The fraction of sp³-hybridized carbons (Fsp3) is 0.238. The first-order valence-corrected chi connectivity index (χ1v) is 10.3. The van der Waals surface area contributed by atoms with Crippen molar-refractivity contribution in [1.82, 2.24) is 0 Å². The zero-order valence-corrected chi connectivity index (χ0v) is 17.1. The molecule has 0 heterocycles. The van der Waals surface area contributed by atoms with Crippen molar-refractivity contribution >= 4 is 85.6 Å². The first-order valence-electron chi connectivity index (χ1n) is 8.81. The second-order valence-electron chi connectivity index (χ2n) is 6.72. The van der Waals surface area contributed by atoms with E-state index in [1.165, 1.54) is 37.3 Å². The molecule has 0 amide bonds. The van der Waals surface area contributed by atoms with E-state index in [1.807, 2.05) is 13.8 Å². The number of carbonyl (C=O) groups excluding carboxylic acids is 2. The second kappa shape index (κ2) is 11.9. The first-order chi connectivity index (χ1) is 13.6. The summed E-state index contributed by atoms with van der Waals surface area (Å²) in [6.07, 6.45) is 3.41. The van der Waals surface area contributed by atoms with E-state index in [0.717, 1.165) is 0 Å². The molecule has 9 heteroatoms. The average molecular weight is 459 g/mol. The summed E-state index contributed by atoms with van der Waals surface area (Å²) in [5.74, 6) is -0.876. The molecule has 0 aliphatic carbocycles. The Balaban J connectivity index is 0.00000450. The molecule has 0 bridgehead atoms. The van der Waals surface area contributed by atoms with Crippen molar-refractivity contribution in [2.75, 3.05) is 6.61 Å². The molecule has 0 aliphatic heterocycles. The number of benzene rings is 2. The molecule has 2 aromatic carbocycles. The molecule has 0 saturated heterocycles. The third-order valence-electron chi connectivity index (χ3n) is 3.67. The molecule has 2 rings (SSSR count). The number of carbonyl (C=O) groups is 2. The quantitative estimate of drug-likeness (QED) is 0.223. The standard InChI is InChI=1S/C21H22O7S.K.H/c1-14(2)13-27-21(23)19-12-17(8-11-20(19)28-15(3)22)5-4-16-6-9-18(10-7-16)29(24,25)26;;/h4-12,14H,13H2,1-3H3,(H,24,25,26);;/b5-4+;;. The molecule has 0 unspecified atom stereocenters. The van der Waals surface area contributed by atoms with Crippen molar-refractivity contribution in [2.24, 2.45) is 5.92 Å². The number of hydrogen-bond donors (Lipinski definition) is 1. The van der Waals surface area contributed by atoms with E-state index in [-0.39, 0.29) is 80.1 Å². The van der Waals surface area contributed by atoms with Gasteiger partial charge in [-0.25, -0.2) is 4.79 Å². The van der Waals surface area contributed by atoms with Gasteiger partial charge in [0, 0.05) is 6.92 Å². The van der Waals surface area contributed by atoms with E-state index in [2.05, 4.69) is 0 Å². The summed E-state index contributed by atoms with van der Waals surface area (Å²) < 4.78 is 41.5. The van der Waals surface area contributed by atoms with Crippen molar-refractivity contribution in [2.45, 2.75) is 25.7 Å². The van der Waals surface area contributed by atoms with Crippen LogP contribution in [0.15, 0.2) is 47.4 Å². The summed E-state index contributed by atoms with van der Waals surface area (Å²) in [7, 11) is -4.25. The third-order valence-corrected chi connectivity index (χ3v) is 4.54. The Kier molecular flexibility index (Phi) is 10.6. The monoisotopic (exact) mass is 458 g/mol. The van der Waals surface area contributed by atoms with Crippen LogP contribution in [0.25, 0.3) is 12.2 Å². The Labute approximate surface area is 218 Å². The Morgan fingerprint density at radius 1 is 1.03 bits per heavy atom. The number of esters is 2. The van der Waals surface area contributed by atoms with Gasteiger partial charge < -0.3 is 9.47 Å². The third kappa shape index (κ3) is 8.42. The van der Waals surface area contributed by atoms with Crippen LogP contribution in [0.4, 0.5) is 0 Å². The SMILES string of the molecule is CC(=O)Oc1ccc(/C=C/c2ccc(S(=O)(=O)O)cc2)cc1C(=O)OCC(C)C.[KH]. The summed E-state index contributed by atoms with van der Waals surface area (Å²) in [5.41, 5.74) is 1.46. The van der Waals surface area contributed by atoms with Gasteiger partial charge in [0.15, 0.2) is 0 Å². The Morgan fingerprint density at radius 2 is 1.60 bits per heavy atom. The minimum atomic E-state index is -4.25. The van der Waals surface area contributed by atoms with Gasteiger partial charge in [-0.1, -0.05) is 44.2 Å². The van der Waals surface area contributed by atoms with Crippen molar-refractivity contribution in [3.8, 4) is 5.75 Å². The fourth-order valence-corrected chi connectivity index (χ4v) is 2.80. The summed E-state index contributed by atoms with van der Waals surface area (Å²) in [5, 5.41) is 0. The summed E-state index contributed by atoms with van der Waals surface area (Å²) in [6.45, 7) is 5.30. The van der Waals surface area contributed by atoms with Crippen molar-refractivity contribution in [3.05, 3.63) is 59.2 Å². The molecule has 0 saturated carbocycles. The van der Waals surface area contributed by atoms with Crippen molar-refractivity contribution in [1.29, 1.82) is 0 Å². The van der Waals surface area contributed by atoms with Crippen molar-refractivity contribution < 1.29 is 32.0 Å². The molecule has 2 aromatic rings. The molecule has 0 fully saturated rings. The fourth-order valence-electron chi connectivity index (χ4n) is 2.32. The molecule has 30 heavy (non-hydrogen) atoms. The van der Waals surface area contributed by atoms with Gasteiger partial charge >= 0.3 is 63.3 Å². The van der Waals surface area contributed by atoms with Crippen LogP contribution < -0.4 is 4.74 Å². The molecular weight excluding hydrogens is 435 g/mol. The Morgan fingerprint density at radius 3 is 2.13 bits per heavy atom. The van der Waals surface area contributed by atoms with E-state index in [0.29, 0.717) is 11.1 Å². The van der Waals surface area contributed by atoms with Crippen LogP contribution in [-0.2, 0) is 19.6 Å². The van der Waals surface area contributed by atoms with Crippen LogP contribution >= 0.6 is 0 Å². The van der Waals surface area contributed by atoms with Crippen LogP contribution in [-0.4, -0.2) is 82.9 Å². The number of rotatable bonds is 7. The minimum absolute atomic E-state index is 0. The average Bonchev–Trinajstić information content (AvgIpc) is 2.64. The van der Waals surface area contributed by atoms with Gasteiger partial charge in [-0.05, 0) is 41.3 Å². The van der Waals surface area contributed by atoms with E-state index >= 15 is 0 Å². The Hall–Kier alpha value is -1.33. The van der Waals surface area contributed by atoms with Crippen LogP contribution in [0.5, 0.6) is 5.75 Å². The maximum atomic E-state index is 12.4. The molecule has 156 valence electrons. The molecule has 0 aliphatic rings. The molecular formula is C21H23KO7S. The van der Waals surface area contributed by atoms with E-state index in [4.69, 9.17) is 14.0 Å². The number of ether oxygens (including phenoxy) is 2. The van der Waals surface area contributed by atoms with Gasteiger partial charge in [0.05, 0.1) is 11.5 Å². The van der Waals surface area contributed by atoms with Crippen LogP contribution in [0.1, 0.15) is 42.3 Å². The number of hydrogen-bond acceptors (Lipinski definition) is 6. The van der Waals surface area contributed by atoms with Crippen LogP contribution in [0.3, 0.4) is 0 Å². The zero-order chi connectivity index (χ0) is 21.6. The van der Waals surface area contributed by atoms with Gasteiger partial charge in [-0.2, -0.15) is 8.42 Å². The van der Waals surface area contributed by atoms with Gasteiger partial charge in [-0.15, -0.1) is 0 Å². The molecule has 1 N–H and O–H groups in total. The zero-order valence-electron chi connectivity index (χ0n) is 16.3. The first kappa shape index (κ1) is 26.7. The molecule has 0 spiro atoms. The van der Waals surface area contributed by atoms with Gasteiger partial charge in [0.25, 0.3) is 10.1 Å². The predicted octanol–water partition coefficient (Wildman–Crippen LogP) is 3.19. The molecule has 0 aromatic heterocycles. The normalized spacial score (nSPS) is 11.2. The van der Waals surface area contributed by atoms with Gasteiger partial charge in [0.1, 0.15) is 11.3 Å². The van der Waals surface area contributed by atoms with E-state index in [9.17, 15) is 18.0 Å². The summed E-state index contributed by atoms with van der Waals surface area (Å²) in [4.78, 5) is 23.5. The van der Waals surface area contributed by atoms with E-state index in [1.54, 1.807) is 24.3 Å². The molecule has 0 radical (unpaired) electrons. The van der Waals surface area contributed by atoms with Crippen LogP contribution in [0, 0.1) is 5.92 Å². The Bertz CT molecular complexity index is 1030. The van der Waals surface area contributed by atoms with Gasteiger partial charge in [0.2, 0.25) is 0 Å². The van der Waals surface area contributed by atoms with Crippen molar-refractivity contribution in [3.63, 3.8) is 0 Å². The second-order valence-corrected chi connectivity index (χ2v) is 8.14.